The van der Waals surface area contributed by atoms with E-state index >= 15 is 0 Å². The van der Waals surface area contributed by atoms with Crippen molar-refractivity contribution < 1.29 is 9.47 Å². The van der Waals surface area contributed by atoms with Gasteiger partial charge < -0.3 is 9.47 Å². The topological polar surface area (TPSA) is 44.2 Å². The number of aromatic nitrogens is 2. The maximum atomic E-state index is 6.52. The molecule has 0 N–H and O–H groups in total. The second-order valence-electron chi connectivity index (χ2n) is 12.2. The van der Waals surface area contributed by atoms with Gasteiger partial charge in [0.05, 0.1) is 11.4 Å². The van der Waals surface area contributed by atoms with Crippen LogP contribution in [0.3, 0.4) is 0 Å². The maximum Gasteiger partial charge on any atom is 0.260 e. The molecule has 6 aromatic carbocycles. The highest BCUT2D eigenvalue weighted by molar-refractivity contribution is 6.98. The van der Waals surface area contributed by atoms with E-state index in [0.717, 1.165) is 72.9 Å². The van der Waals surface area contributed by atoms with Crippen LogP contribution in [0.4, 0.5) is 0 Å². The Morgan fingerprint density at radius 1 is 0.447 bits per heavy atom. The highest BCUT2D eigenvalue weighted by Gasteiger charge is 2.40. The van der Waals surface area contributed by atoms with Gasteiger partial charge in [0.25, 0.3) is 6.71 Å². The number of hydrogen-bond acceptors (Lipinski definition) is 4. The van der Waals surface area contributed by atoms with E-state index in [1.165, 1.54) is 21.7 Å². The maximum absolute atomic E-state index is 6.52. The molecule has 2 aromatic heterocycles. The van der Waals surface area contributed by atoms with Gasteiger partial charge in [0, 0.05) is 23.2 Å². The van der Waals surface area contributed by atoms with Gasteiger partial charge in [-0.05, 0) is 104 Å². The van der Waals surface area contributed by atoms with Crippen LogP contribution >= 0.6 is 0 Å². The van der Waals surface area contributed by atoms with Gasteiger partial charge in [-0.15, -0.1) is 0 Å². The Balaban J connectivity index is 1.12. The Morgan fingerprint density at radius 2 is 1.09 bits per heavy atom. The lowest BCUT2D eigenvalue weighted by Gasteiger charge is -2.33. The van der Waals surface area contributed by atoms with Gasteiger partial charge >= 0.3 is 0 Å². The number of hydrogen-bond donors (Lipinski definition) is 0. The molecule has 0 radical (unpaired) electrons. The van der Waals surface area contributed by atoms with Gasteiger partial charge in [-0.25, -0.2) is 0 Å². The van der Waals surface area contributed by atoms with Crippen LogP contribution in [0.5, 0.6) is 23.0 Å². The summed E-state index contributed by atoms with van der Waals surface area (Å²) in [5.41, 5.74) is 9.50. The monoisotopic (exact) mass is 600 g/mol. The average Bonchev–Trinajstić information content (AvgIpc) is 3.14. The SMILES string of the molecule is c1cc2c3c(c1)Oc1ccc(-c4cc5ccccc5cn4)cc1B3c1cc(-c3cc(-c4cccc5ccccc45)ccn3)ccc1O2. The van der Waals surface area contributed by atoms with Crippen molar-refractivity contribution in [1.82, 2.24) is 9.97 Å². The third-order valence-electron chi connectivity index (χ3n) is 9.48. The number of pyridine rings is 2. The summed E-state index contributed by atoms with van der Waals surface area (Å²) in [6, 6.07) is 48.6. The summed E-state index contributed by atoms with van der Waals surface area (Å²) in [5.74, 6) is 3.33. The van der Waals surface area contributed by atoms with E-state index in [9.17, 15) is 0 Å². The van der Waals surface area contributed by atoms with Crippen LogP contribution in [-0.2, 0) is 0 Å². The van der Waals surface area contributed by atoms with Crippen molar-refractivity contribution in [2.45, 2.75) is 0 Å². The van der Waals surface area contributed by atoms with Gasteiger partial charge in [-0.1, -0.05) is 84.9 Å². The zero-order chi connectivity index (χ0) is 30.9. The highest BCUT2D eigenvalue weighted by atomic mass is 16.5. The molecule has 0 saturated heterocycles. The largest absolute Gasteiger partial charge is 0.458 e. The molecule has 0 amide bonds. The molecular weight excluding hydrogens is 575 g/mol. The summed E-state index contributed by atoms with van der Waals surface area (Å²) >= 11 is 0. The van der Waals surface area contributed by atoms with E-state index in [0.29, 0.717) is 0 Å². The predicted octanol–water partition coefficient (Wildman–Crippen LogP) is 8.51. The summed E-state index contributed by atoms with van der Waals surface area (Å²) in [7, 11) is 0. The summed E-state index contributed by atoms with van der Waals surface area (Å²) < 4.78 is 13.0. The van der Waals surface area contributed by atoms with Crippen molar-refractivity contribution in [2.24, 2.45) is 0 Å². The van der Waals surface area contributed by atoms with Crippen LogP contribution in [0, 0.1) is 0 Å². The van der Waals surface area contributed by atoms with Crippen molar-refractivity contribution >= 4 is 44.6 Å². The first-order chi connectivity index (χ1) is 23.3. The van der Waals surface area contributed by atoms with Gasteiger partial charge in [0.15, 0.2) is 0 Å². The van der Waals surface area contributed by atoms with Gasteiger partial charge in [-0.2, -0.15) is 0 Å². The number of ether oxygens (including phenoxy) is 2. The van der Waals surface area contributed by atoms with Crippen LogP contribution in [-0.4, -0.2) is 16.7 Å². The molecule has 0 bridgehead atoms. The van der Waals surface area contributed by atoms with Crippen molar-refractivity contribution in [2.75, 3.05) is 0 Å². The second kappa shape index (κ2) is 10.2. The first-order valence-corrected chi connectivity index (χ1v) is 15.8. The molecule has 47 heavy (non-hydrogen) atoms. The molecule has 8 aromatic rings. The molecule has 4 nitrogen and oxygen atoms in total. The first-order valence-electron chi connectivity index (χ1n) is 15.8. The number of nitrogens with zero attached hydrogens (tertiary/aromatic N) is 2. The fourth-order valence-corrected chi connectivity index (χ4v) is 7.23. The Bertz CT molecular complexity index is 2540. The molecule has 218 valence electrons. The zero-order valence-corrected chi connectivity index (χ0v) is 25.2. The minimum Gasteiger partial charge on any atom is -0.458 e. The highest BCUT2D eigenvalue weighted by Crippen LogP contribution is 2.37. The summed E-state index contributed by atoms with van der Waals surface area (Å²) in [6.45, 7) is -0.0738. The van der Waals surface area contributed by atoms with E-state index in [-0.39, 0.29) is 6.71 Å². The average molecular weight is 600 g/mol. The van der Waals surface area contributed by atoms with Gasteiger partial charge in [0.1, 0.15) is 23.0 Å². The molecule has 0 spiro atoms. The van der Waals surface area contributed by atoms with E-state index < -0.39 is 0 Å². The molecule has 5 heteroatoms. The van der Waals surface area contributed by atoms with Crippen LogP contribution in [0.25, 0.3) is 55.2 Å². The third-order valence-corrected chi connectivity index (χ3v) is 9.48. The molecule has 4 heterocycles. The Kier molecular flexibility index (Phi) is 5.63. The molecular formula is C42H25BN2O2. The van der Waals surface area contributed by atoms with Crippen LogP contribution in [0.1, 0.15) is 0 Å². The lowest BCUT2D eigenvalue weighted by molar-refractivity contribution is 0.464. The molecule has 0 saturated carbocycles. The van der Waals surface area contributed by atoms with Crippen LogP contribution in [0.15, 0.2) is 152 Å². The summed E-state index contributed by atoms with van der Waals surface area (Å²) in [6.07, 6.45) is 3.85. The Morgan fingerprint density at radius 3 is 1.85 bits per heavy atom. The Hall–Kier alpha value is -6.20. The van der Waals surface area contributed by atoms with Crippen LogP contribution in [0.2, 0.25) is 0 Å². The van der Waals surface area contributed by atoms with Crippen molar-refractivity contribution in [1.29, 1.82) is 0 Å². The fourth-order valence-electron chi connectivity index (χ4n) is 7.23. The minimum absolute atomic E-state index is 0.0738. The molecule has 2 aliphatic rings. The molecule has 0 fully saturated rings. The Labute approximate surface area is 272 Å². The van der Waals surface area contributed by atoms with Crippen molar-refractivity contribution in [3.05, 3.63) is 152 Å². The number of rotatable bonds is 3. The smallest absolute Gasteiger partial charge is 0.260 e. The van der Waals surface area contributed by atoms with Crippen molar-refractivity contribution in [3.63, 3.8) is 0 Å². The van der Waals surface area contributed by atoms with Gasteiger partial charge in [0.2, 0.25) is 0 Å². The molecule has 0 atom stereocenters. The van der Waals surface area contributed by atoms with E-state index in [4.69, 9.17) is 19.4 Å². The zero-order valence-electron chi connectivity index (χ0n) is 25.2. The lowest BCUT2D eigenvalue weighted by atomic mass is 9.34. The van der Waals surface area contributed by atoms with Crippen molar-refractivity contribution in [3.8, 4) is 56.6 Å². The molecule has 0 aliphatic carbocycles. The van der Waals surface area contributed by atoms with E-state index in [1.54, 1.807) is 0 Å². The van der Waals surface area contributed by atoms with E-state index in [1.807, 2.05) is 36.7 Å². The quantitative estimate of drug-likeness (QED) is 0.191. The standard InChI is InChI=1S/C42H25BN2O2/c1-2-9-31-25-45-37(23-27(31)8-1)30-16-18-39-35(22-30)43-34-21-29(15-17-38(34)46-40-13-6-14-41(47-39)42(40)43)36-24-28(19-20-44-36)33-12-5-10-26-7-3-4-11-32(26)33/h1-25H. The normalized spacial score (nSPS) is 12.6. The number of benzene rings is 6. The lowest BCUT2D eigenvalue weighted by Crippen LogP contribution is -2.57. The number of fused-ring (bicyclic) bond motifs is 6. The predicted molar refractivity (Wildman–Crippen MR) is 191 cm³/mol. The second-order valence-corrected chi connectivity index (χ2v) is 12.2. The fraction of sp³-hybridized carbons (Fsp3) is 0. The third kappa shape index (κ3) is 4.17. The molecule has 10 rings (SSSR count). The molecule has 2 aliphatic heterocycles. The first kappa shape index (κ1) is 26.1. The molecule has 0 unspecified atom stereocenters. The van der Waals surface area contributed by atoms with Crippen LogP contribution < -0.4 is 25.9 Å². The van der Waals surface area contributed by atoms with E-state index in [2.05, 4.69) is 115 Å². The summed E-state index contributed by atoms with van der Waals surface area (Å²) in [4.78, 5) is 9.67. The minimum atomic E-state index is -0.0738. The van der Waals surface area contributed by atoms with Gasteiger partial charge in [-0.3, -0.25) is 9.97 Å². The summed E-state index contributed by atoms with van der Waals surface area (Å²) in [5, 5.41) is 4.74.